The van der Waals surface area contributed by atoms with Gasteiger partial charge in [-0.2, -0.15) is 0 Å². The molecule has 0 aliphatic rings. The van der Waals surface area contributed by atoms with Gasteiger partial charge in [-0.25, -0.2) is 0 Å². The van der Waals surface area contributed by atoms with Crippen LogP contribution in [0, 0.1) is 5.92 Å². The molecule has 0 radical (unpaired) electrons. The van der Waals surface area contributed by atoms with Crippen LogP contribution in [0.3, 0.4) is 0 Å². The summed E-state index contributed by atoms with van der Waals surface area (Å²) in [5.41, 5.74) is 6.53. The van der Waals surface area contributed by atoms with Crippen molar-refractivity contribution >= 4 is 18.3 Å². The van der Waals surface area contributed by atoms with Gasteiger partial charge < -0.3 is 11.1 Å². The number of carbonyl (C=O) groups is 1. The maximum absolute atomic E-state index is 11.6. The number of amides is 1. The molecule has 0 saturated heterocycles. The smallest absolute Gasteiger partial charge is 0.224 e. The second-order valence-corrected chi connectivity index (χ2v) is 3.78. The second kappa shape index (κ2) is 7.25. The molecule has 0 spiro atoms. The summed E-state index contributed by atoms with van der Waals surface area (Å²) in [6, 6.07) is 9.92. The van der Waals surface area contributed by atoms with Gasteiger partial charge in [0.25, 0.3) is 0 Å². The van der Waals surface area contributed by atoms with Gasteiger partial charge in [-0.3, -0.25) is 4.79 Å². The lowest BCUT2D eigenvalue weighted by atomic mass is 10.1. The summed E-state index contributed by atoms with van der Waals surface area (Å²) in [7, 11) is 0. The van der Waals surface area contributed by atoms with Crippen molar-refractivity contribution in [3.05, 3.63) is 35.9 Å². The van der Waals surface area contributed by atoms with Crippen LogP contribution in [0.25, 0.3) is 0 Å². The van der Waals surface area contributed by atoms with Crippen LogP contribution in [0.1, 0.15) is 25.5 Å². The fourth-order valence-electron chi connectivity index (χ4n) is 1.29. The van der Waals surface area contributed by atoms with E-state index in [1.54, 1.807) is 0 Å². The first kappa shape index (κ1) is 14.9. The predicted molar refractivity (Wildman–Crippen MR) is 68.5 cm³/mol. The van der Waals surface area contributed by atoms with Gasteiger partial charge in [0, 0.05) is 12.5 Å². The molecular formula is C12H19ClN2O. The molecule has 1 unspecified atom stereocenters. The molecule has 3 N–H and O–H groups in total. The molecule has 4 heteroatoms. The van der Waals surface area contributed by atoms with Crippen molar-refractivity contribution in [2.24, 2.45) is 11.7 Å². The third-order valence-corrected chi connectivity index (χ3v) is 2.46. The van der Waals surface area contributed by atoms with E-state index in [0.29, 0.717) is 6.54 Å². The van der Waals surface area contributed by atoms with Crippen LogP contribution in [0.5, 0.6) is 0 Å². The van der Waals surface area contributed by atoms with Crippen molar-refractivity contribution in [2.45, 2.75) is 19.9 Å². The normalized spacial score (nSPS) is 13.4. The topological polar surface area (TPSA) is 55.1 Å². The maximum atomic E-state index is 11.6. The zero-order chi connectivity index (χ0) is 11.3. The Morgan fingerprint density at radius 2 is 1.88 bits per heavy atom. The molecule has 2 atom stereocenters. The average Bonchev–Trinajstić information content (AvgIpc) is 2.29. The lowest BCUT2D eigenvalue weighted by Gasteiger charge is -2.16. The van der Waals surface area contributed by atoms with E-state index in [4.69, 9.17) is 5.73 Å². The van der Waals surface area contributed by atoms with Crippen LogP contribution < -0.4 is 11.1 Å². The fourth-order valence-corrected chi connectivity index (χ4v) is 1.29. The Morgan fingerprint density at radius 3 is 2.38 bits per heavy atom. The van der Waals surface area contributed by atoms with Crippen molar-refractivity contribution in [1.29, 1.82) is 0 Å². The fraction of sp³-hybridized carbons (Fsp3) is 0.417. The number of benzene rings is 1. The molecule has 0 bridgehead atoms. The van der Waals surface area contributed by atoms with Gasteiger partial charge in [-0.05, 0) is 12.5 Å². The van der Waals surface area contributed by atoms with Gasteiger partial charge in [0.1, 0.15) is 0 Å². The molecule has 1 amide bonds. The molecule has 1 aromatic rings. The lowest BCUT2D eigenvalue weighted by molar-refractivity contribution is -0.124. The molecule has 0 aliphatic heterocycles. The minimum atomic E-state index is -0.129. The van der Waals surface area contributed by atoms with E-state index in [1.807, 2.05) is 44.2 Å². The molecular weight excluding hydrogens is 224 g/mol. The SMILES string of the molecule is CC(CN)C(=O)N[C@H](C)c1ccccc1.Cl. The average molecular weight is 243 g/mol. The summed E-state index contributed by atoms with van der Waals surface area (Å²) < 4.78 is 0. The molecule has 90 valence electrons. The van der Waals surface area contributed by atoms with E-state index in [1.165, 1.54) is 0 Å². The summed E-state index contributed by atoms with van der Waals surface area (Å²) in [5, 5.41) is 2.93. The highest BCUT2D eigenvalue weighted by atomic mass is 35.5. The minimum absolute atomic E-state index is 0. The number of rotatable bonds is 4. The maximum Gasteiger partial charge on any atom is 0.224 e. The Morgan fingerprint density at radius 1 is 1.31 bits per heavy atom. The number of hydrogen-bond acceptors (Lipinski definition) is 2. The summed E-state index contributed by atoms with van der Waals surface area (Å²) in [6.45, 7) is 4.18. The number of carbonyl (C=O) groups excluding carboxylic acids is 1. The van der Waals surface area contributed by atoms with Crippen LogP contribution in [0.2, 0.25) is 0 Å². The van der Waals surface area contributed by atoms with Crippen molar-refractivity contribution in [2.75, 3.05) is 6.54 Å². The molecule has 0 heterocycles. The first-order chi connectivity index (χ1) is 7.15. The predicted octanol–water partition coefficient (Wildman–Crippen LogP) is 1.88. The van der Waals surface area contributed by atoms with Crippen LogP contribution in [-0.2, 0) is 4.79 Å². The van der Waals surface area contributed by atoms with Crippen molar-refractivity contribution in [3.8, 4) is 0 Å². The van der Waals surface area contributed by atoms with E-state index in [2.05, 4.69) is 5.32 Å². The van der Waals surface area contributed by atoms with Gasteiger partial charge in [0.2, 0.25) is 5.91 Å². The highest BCUT2D eigenvalue weighted by molar-refractivity contribution is 5.85. The van der Waals surface area contributed by atoms with Gasteiger partial charge in [0.15, 0.2) is 0 Å². The molecule has 3 nitrogen and oxygen atoms in total. The Hall–Kier alpha value is -1.06. The Kier molecular flexibility index (Phi) is 6.77. The molecule has 1 rings (SSSR count). The molecule has 0 aliphatic carbocycles. The lowest BCUT2D eigenvalue weighted by Crippen LogP contribution is -2.34. The largest absolute Gasteiger partial charge is 0.349 e. The van der Waals surface area contributed by atoms with Crippen LogP contribution in [0.4, 0.5) is 0 Å². The van der Waals surface area contributed by atoms with Crippen LogP contribution in [-0.4, -0.2) is 12.5 Å². The van der Waals surface area contributed by atoms with Crippen LogP contribution >= 0.6 is 12.4 Å². The standard InChI is InChI=1S/C12H18N2O.ClH/c1-9(8-13)12(15)14-10(2)11-6-4-3-5-7-11;/h3-7,9-10H,8,13H2,1-2H3,(H,14,15);1H/t9?,10-;/m1./s1. The zero-order valence-electron chi connectivity index (χ0n) is 9.64. The molecule has 16 heavy (non-hydrogen) atoms. The van der Waals surface area contributed by atoms with Gasteiger partial charge >= 0.3 is 0 Å². The molecule has 0 fully saturated rings. The third-order valence-electron chi connectivity index (χ3n) is 2.46. The first-order valence-corrected chi connectivity index (χ1v) is 5.20. The summed E-state index contributed by atoms with van der Waals surface area (Å²) in [6.07, 6.45) is 0. The Labute approximate surface area is 103 Å². The zero-order valence-corrected chi connectivity index (χ0v) is 10.5. The summed E-state index contributed by atoms with van der Waals surface area (Å²) in [5.74, 6) is -0.120. The first-order valence-electron chi connectivity index (χ1n) is 5.20. The van der Waals surface area contributed by atoms with Gasteiger partial charge in [0.05, 0.1) is 6.04 Å². The summed E-state index contributed by atoms with van der Waals surface area (Å²) in [4.78, 5) is 11.6. The van der Waals surface area contributed by atoms with E-state index >= 15 is 0 Å². The van der Waals surface area contributed by atoms with E-state index in [-0.39, 0.29) is 30.3 Å². The highest BCUT2D eigenvalue weighted by Crippen LogP contribution is 2.11. The second-order valence-electron chi connectivity index (χ2n) is 3.78. The molecule has 0 aromatic heterocycles. The number of halogens is 1. The van der Waals surface area contributed by atoms with E-state index in [0.717, 1.165) is 5.56 Å². The minimum Gasteiger partial charge on any atom is -0.349 e. The van der Waals surface area contributed by atoms with Crippen molar-refractivity contribution < 1.29 is 4.79 Å². The van der Waals surface area contributed by atoms with Crippen molar-refractivity contribution in [3.63, 3.8) is 0 Å². The number of nitrogens with one attached hydrogen (secondary N) is 1. The van der Waals surface area contributed by atoms with Crippen LogP contribution in [0.15, 0.2) is 30.3 Å². The Balaban J connectivity index is 0.00000225. The van der Waals surface area contributed by atoms with E-state index < -0.39 is 0 Å². The highest BCUT2D eigenvalue weighted by Gasteiger charge is 2.14. The number of hydrogen-bond donors (Lipinski definition) is 2. The monoisotopic (exact) mass is 242 g/mol. The molecule has 0 saturated carbocycles. The number of nitrogens with two attached hydrogens (primary N) is 1. The van der Waals surface area contributed by atoms with Gasteiger partial charge in [-0.1, -0.05) is 37.3 Å². The van der Waals surface area contributed by atoms with E-state index in [9.17, 15) is 4.79 Å². The third kappa shape index (κ3) is 4.21. The summed E-state index contributed by atoms with van der Waals surface area (Å²) >= 11 is 0. The van der Waals surface area contributed by atoms with Crippen molar-refractivity contribution in [1.82, 2.24) is 5.32 Å². The van der Waals surface area contributed by atoms with Gasteiger partial charge in [-0.15, -0.1) is 12.4 Å². The molecule has 1 aromatic carbocycles. The Bertz CT molecular complexity index is 316. The quantitative estimate of drug-likeness (QED) is 0.847.